The third kappa shape index (κ3) is 9.45. The van der Waals surface area contributed by atoms with Crippen LogP contribution in [0.15, 0.2) is 4.99 Å². The third-order valence-corrected chi connectivity index (χ3v) is 2.93. The van der Waals surface area contributed by atoms with Gasteiger partial charge in [0.05, 0.1) is 13.2 Å². The summed E-state index contributed by atoms with van der Waals surface area (Å²) in [5, 5.41) is 3.20. The van der Waals surface area contributed by atoms with Crippen molar-refractivity contribution < 1.29 is 4.74 Å². The lowest BCUT2D eigenvalue weighted by Crippen LogP contribution is -2.42. The Labute approximate surface area is 134 Å². The maximum atomic E-state index is 5.81. The molecule has 1 saturated heterocycles. The van der Waals surface area contributed by atoms with Crippen LogP contribution in [0.25, 0.3) is 0 Å². The van der Waals surface area contributed by atoms with Gasteiger partial charge in [-0.3, -0.25) is 9.89 Å². The minimum Gasteiger partial charge on any atom is -0.379 e. The largest absolute Gasteiger partial charge is 0.379 e. The number of nitrogens with two attached hydrogens (primary N) is 1. The molecule has 0 spiro atoms. The number of rotatable bonds is 6. The number of morpholine rings is 1. The van der Waals surface area contributed by atoms with Crippen molar-refractivity contribution in [2.24, 2.45) is 22.6 Å². The highest BCUT2D eigenvalue weighted by Gasteiger charge is 2.13. The van der Waals surface area contributed by atoms with E-state index in [9.17, 15) is 0 Å². The van der Waals surface area contributed by atoms with Crippen LogP contribution in [0.4, 0.5) is 0 Å². The van der Waals surface area contributed by atoms with E-state index in [2.05, 4.69) is 36.0 Å². The van der Waals surface area contributed by atoms with Crippen molar-refractivity contribution in [1.29, 1.82) is 0 Å². The fraction of sp³-hybridized carbons (Fsp3) is 0.923. The number of halogens is 1. The van der Waals surface area contributed by atoms with Crippen molar-refractivity contribution in [3.63, 3.8) is 0 Å². The Morgan fingerprint density at radius 2 is 1.95 bits per heavy atom. The molecule has 0 saturated carbocycles. The van der Waals surface area contributed by atoms with Crippen LogP contribution < -0.4 is 11.1 Å². The summed E-state index contributed by atoms with van der Waals surface area (Å²) in [6, 6.07) is 0. The van der Waals surface area contributed by atoms with Gasteiger partial charge in [-0.1, -0.05) is 20.8 Å². The van der Waals surface area contributed by atoms with Crippen molar-refractivity contribution >= 4 is 29.9 Å². The first-order valence-corrected chi connectivity index (χ1v) is 6.91. The molecule has 1 fully saturated rings. The zero-order valence-corrected chi connectivity index (χ0v) is 14.7. The highest BCUT2D eigenvalue weighted by atomic mass is 127. The second kappa shape index (κ2) is 10.7. The van der Waals surface area contributed by atoms with Gasteiger partial charge in [-0.25, -0.2) is 0 Å². The predicted molar refractivity (Wildman–Crippen MR) is 91.2 cm³/mol. The van der Waals surface area contributed by atoms with Crippen molar-refractivity contribution in [2.75, 3.05) is 45.9 Å². The van der Waals surface area contributed by atoms with Gasteiger partial charge in [-0.05, 0) is 11.8 Å². The highest BCUT2D eigenvalue weighted by molar-refractivity contribution is 14.0. The summed E-state index contributed by atoms with van der Waals surface area (Å²) in [5.74, 6) is 1.68. The molecule has 1 aliphatic heterocycles. The highest BCUT2D eigenvalue weighted by Crippen LogP contribution is 2.02. The van der Waals surface area contributed by atoms with Crippen LogP contribution in [0.3, 0.4) is 0 Å². The molecule has 114 valence electrons. The number of guanidine groups is 1. The van der Waals surface area contributed by atoms with E-state index in [1.54, 1.807) is 0 Å². The summed E-state index contributed by atoms with van der Waals surface area (Å²) in [7, 11) is 0. The summed E-state index contributed by atoms with van der Waals surface area (Å²) in [5.41, 5.74) is 5.81. The number of aliphatic imine (C=N–C) groups is 1. The van der Waals surface area contributed by atoms with Gasteiger partial charge in [0.15, 0.2) is 5.96 Å². The van der Waals surface area contributed by atoms with E-state index in [0.717, 1.165) is 45.9 Å². The van der Waals surface area contributed by atoms with Gasteiger partial charge >= 0.3 is 0 Å². The van der Waals surface area contributed by atoms with Crippen LogP contribution >= 0.6 is 24.0 Å². The molecule has 6 heteroatoms. The van der Waals surface area contributed by atoms with E-state index in [-0.39, 0.29) is 24.0 Å². The van der Waals surface area contributed by atoms with Crippen molar-refractivity contribution in [3.8, 4) is 0 Å². The molecule has 1 rings (SSSR count). The molecule has 0 aromatic heterocycles. The molecular formula is C13H29IN4O. The first-order valence-electron chi connectivity index (χ1n) is 6.91. The van der Waals surface area contributed by atoms with E-state index in [4.69, 9.17) is 10.5 Å². The van der Waals surface area contributed by atoms with Crippen LogP contribution in [0.1, 0.15) is 20.8 Å². The zero-order valence-electron chi connectivity index (χ0n) is 12.4. The van der Waals surface area contributed by atoms with Gasteiger partial charge in [-0.15, -0.1) is 24.0 Å². The molecule has 0 aromatic carbocycles. The first-order chi connectivity index (χ1) is 8.58. The summed E-state index contributed by atoms with van der Waals surface area (Å²) in [4.78, 5) is 6.73. The molecule has 1 atom stereocenters. The Morgan fingerprint density at radius 3 is 2.53 bits per heavy atom. The molecule has 0 radical (unpaired) electrons. The predicted octanol–water partition coefficient (Wildman–Crippen LogP) is 1.13. The second-order valence-electron chi connectivity index (χ2n) is 5.52. The standard InChI is InChI=1S/C13H28N4O.HI/c1-11(2)8-15-13(14)16-9-12(3)10-17-4-6-18-7-5-17;/h11-12H,4-10H2,1-3H3,(H3,14,15,16);1H. The Morgan fingerprint density at radius 1 is 1.32 bits per heavy atom. The van der Waals surface area contributed by atoms with Gasteiger partial charge in [0.25, 0.3) is 0 Å². The Bertz CT molecular complexity index is 255. The second-order valence-corrected chi connectivity index (χ2v) is 5.52. The number of nitrogens with one attached hydrogen (secondary N) is 1. The third-order valence-electron chi connectivity index (χ3n) is 2.93. The number of hydrogen-bond acceptors (Lipinski definition) is 3. The van der Waals surface area contributed by atoms with Gasteiger partial charge < -0.3 is 15.8 Å². The number of ether oxygens (including phenoxy) is 1. The normalized spacial score (nSPS) is 19.1. The SMILES string of the molecule is CC(C)CN=C(N)NCC(C)CN1CCOCC1.I. The lowest BCUT2D eigenvalue weighted by Gasteiger charge is -2.29. The Hall–Kier alpha value is -0.0800. The molecule has 0 bridgehead atoms. The summed E-state index contributed by atoms with van der Waals surface area (Å²) in [6.07, 6.45) is 0. The van der Waals surface area contributed by atoms with Crippen LogP contribution in [-0.2, 0) is 4.74 Å². The molecule has 1 heterocycles. The molecule has 0 amide bonds. The quantitative estimate of drug-likeness (QED) is 0.410. The minimum atomic E-state index is 0. The van der Waals surface area contributed by atoms with Crippen LogP contribution in [0, 0.1) is 11.8 Å². The molecule has 0 aliphatic carbocycles. The van der Waals surface area contributed by atoms with Crippen molar-refractivity contribution in [1.82, 2.24) is 10.2 Å². The van der Waals surface area contributed by atoms with Crippen LogP contribution in [0.5, 0.6) is 0 Å². The summed E-state index contributed by atoms with van der Waals surface area (Å²) < 4.78 is 5.34. The van der Waals surface area contributed by atoms with Gasteiger partial charge in [0, 0.05) is 32.7 Å². The average Bonchev–Trinajstić information content (AvgIpc) is 2.35. The maximum absolute atomic E-state index is 5.81. The average molecular weight is 384 g/mol. The van der Waals surface area contributed by atoms with E-state index in [1.165, 1.54) is 0 Å². The minimum absolute atomic E-state index is 0. The van der Waals surface area contributed by atoms with Crippen molar-refractivity contribution in [2.45, 2.75) is 20.8 Å². The summed E-state index contributed by atoms with van der Waals surface area (Å²) in [6.45, 7) is 13.1. The lowest BCUT2D eigenvalue weighted by molar-refractivity contribution is 0.0320. The Kier molecular flexibility index (Phi) is 10.6. The van der Waals surface area contributed by atoms with E-state index >= 15 is 0 Å². The van der Waals surface area contributed by atoms with Crippen molar-refractivity contribution in [3.05, 3.63) is 0 Å². The van der Waals surface area contributed by atoms with Crippen LogP contribution in [-0.4, -0.2) is 56.8 Å². The maximum Gasteiger partial charge on any atom is 0.188 e. The van der Waals surface area contributed by atoms with E-state index in [1.807, 2.05) is 0 Å². The summed E-state index contributed by atoms with van der Waals surface area (Å²) >= 11 is 0. The molecule has 1 unspecified atom stereocenters. The molecule has 0 aromatic rings. The first kappa shape index (κ1) is 18.9. The fourth-order valence-electron chi connectivity index (χ4n) is 1.90. The lowest BCUT2D eigenvalue weighted by atomic mass is 10.1. The number of hydrogen-bond donors (Lipinski definition) is 2. The van der Waals surface area contributed by atoms with E-state index in [0.29, 0.717) is 17.8 Å². The Balaban J connectivity index is 0.00000324. The molecular weight excluding hydrogens is 355 g/mol. The zero-order chi connectivity index (χ0) is 13.4. The molecule has 19 heavy (non-hydrogen) atoms. The van der Waals surface area contributed by atoms with Gasteiger partial charge in [0.1, 0.15) is 0 Å². The topological polar surface area (TPSA) is 62.9 Å². The monoisotopic (exact) mass is 384 g/mol. The van der Waals surface area contributed by atoms with Gasteiger partial charge in [0.2, 0.25) is 0 Å². The molecule has 1 aliphatic rings. The fourth-order valence-corrected chi connectivity index (χ4v) is 1.90. The smallest absolute Gasteiger partial charge is 0.188 e. The van der Waals surface area contributed by atoms with E-state index < -0.39 is 0 Å². The van der Waals surface area contributed by atoms with Crippen LogP contribution in [0.2, 0.25) is 0 Å². The molecule has 5 nitrogen and oxygen atoms in total. The van der Waals surface area contributed by atoms with Gasteiger partial charge in [-0.2, -0.15) is 0 Å². The number of nitrogens with zero attached hydrogens (tertiary/aromatic N) is 2. The molecule has 3 N–H and O–H groups in total.